The number of hydrogen-bond acceptors (Lipinski definition) is 10. The normalized spacial score (nSPS) is 16.4. The third-order valence-electron chi connectivity index (χ3n) is 10.9. The van der Waals surface area contributed by atoms with E-state index in [0.29, 0.717) is 47.8 Å². The van der Waals surface area contributed by atoms with E-state index in [-0.39, 0.29) is 31.7 Å². The summed E-state index contributed by atoms with van der Waals surface area (Å²) in [5.41, 5.74) is 2.67. The SMILES string of the molecule is Cc1sc2c(c1C)C(c1ccc(Cl)cc1)=N[C@@H](CC(=O)NCCCCCCCNC(=O)Cn1c(=O)c(=O)n(C3CCCC(=O)NC3=O)c3ccccc31)c1nnc(C)n1-2. The summed E-state index contributed by atoms with van der Waals surface area (Å²) in [7, 11) is 0. The molecule has 2 aromatic carbocycles. The van der Waals surface area contributed by atoms with Crippen LogP contribution in [0.5, 0.6) is 0 Å². The molecule has 15 nitrogen and oxygen atoms in total. The molecule has 3 aromatic heterocycles. The number of imide groups is 1. The minimum atomic E-state index is -1.01. The molecule has 308 valence electrons. The lowest BCUT2D eigenvalue weighted by atomic mass is 9.99. The molecule has 1 unspecified atom stereocenters. The first kappa shape index (κ1) is 41.4. The number of carbonyl (C=O) groups excluding carboxylic acids is 4. The van der Waals surface area contributed by atoms with Gasteiger partial charge in [-0.2, -0.15) is 0 Å². The zero-order chi connectivity index (χ0) is 41.8. The number of para-hydroxylation sites is 2. The number of halogens is 1. The van der Waals surface area contributed by atoms with Crippen molar-refractivity contribution in [3.63, 3.8) is 0 Å². The molecule has 59 heavy (non-hydrogen) atoms. The van der Waals surface area contributed by atoms with Gasteiger partial charge >= 0.3 is 11.1 Å². The van der Waals surface area contributed by atoms with Crippen LogP contribution < -0.4 is 27.1 Å². The molecule has 5 heterocycles. The van der Waals surface area contributed by atoms with Crippen LogP contribution in [0.1, 0.15) is 103 Å². The molecule has 0 bridgehead atoms. The van der Waals surface area contributed by atoms with Crippen molar-refractivity contribution in [1.82, 2.24) is 39.8 Å². The van der Waals surface area contributed by atoms with Gasteiger partial charge in [0.2, 0.25) is 23.6 Å². The van der Waals surface area contributed by atoms with Crippen LogP contribution in [-0.2, 0) is 25.7 Å². The topological polar surface area (TPSA) is 191 Å². The van der Waals surface area contributed by atoms with Crippen LogP contribution in [0.25, 0.3) is 16.0 Å². The van der Waals surface area contributed by atoms with Gasteiger partial charge in [0.05, 0.1) is 23.2 Å². The molecule has 0 saturated carbocycles. The lowest BCUT2D eigenvalue weighted by Gasteiger charge is -2.20. The van der Waals surface area contributed by atoms with Crippen molar-refractivity contribution in [1.29, 1.82) is 0 Å². The minimum absolute atomic E-state index is 0.114. The van der Waals surface area contributed by atoms with E-state index in [4.69, 9.17) is 16.6 Å². The van der Waals surface area contributed by atoms with Gasteiger partial charge in [0.15, 0.2) is 5.82 Å². The Morgan fingerprint density at radius 1 is 0.864 bits per heavy atom. The molecule has 0 aliphatic carbocycles. The van der Waals surface area contributed by atoms with Gasteiger partial charge in [-0.05, 0) is 76.3 Å². The molecule has 4 amide bonds. The number of fused-ring (bicyclic) bond motifs is 4. The number of aliphatic imine (C=N–C) groups is 1. The van der Waals surface area contributed by atoms with E-state index >= 15 is 0 Å². The van der Waals surface area contributed by atoms with Crippen LogP contribution in [-0.4, -0.2) is 66.3 Å². The Bertz CT molecular complexity index is 2590. The number of unbranched alkanes of at least 4 members (excludes halogenated alkanes) is 4. The predicted molar refractivity (Wildman–Crippen MR) is 226 cm³/mol. The molecule has 17 heteroatoms. The highest BCUT2D eigenvalue weighted by atomic mass is 35.5. The van der Waals surface area contributed by atoms with Crippen molar-refractivity contribution in [3.8, 4) is 5.00 Å². The van der Waals surface area contributed by atoms with Crippen LogP contribution in [0.2, 0.25) is 5.02 Å². The second kappa shape index (κ2) is 18.0. The third kappa shape index (κ3) is 8.83. The number of carbonyl (C=O) groups is 4. The monoisotopic (exact) mass is 839 g/mol. The number of hydrogen-bond donors (Lipinski definition) is 3. The van der Waals surface area contributed by atoms with Crippen LogP contribution in [0.3, 0.4) is 0 Å². The van der Waals surface area contributed by atoms with Crippen molar-refractivity contribution in [2.24, 2.45) is 4.99 Å². The molecule has 1 fully saturated rings. The van der Waals surface area contributed by atoms with Crippen molar-refractivity contribution in [2.75, 3.05) is 13.1 Å². The number of aromatic nitrogens is 5. The number of amides is 4. The highest BCUT2D eigenvalue weighted by molar-refractivity contribution is 7.15. The van der Waals surface area contributed by atoms with Gasteiger partial charge in [-0.1, -0.05) is 55.1 Å². The summed E-state index contributed by atoms with van der Waals surface area (Å²) < 4.78 is 4.30. The largest absolute Gasteiger partial charge is 0.356 e. The summed E-state index contributed by atoms with van der Waals surface area (Å²) in [6.45, 7) is 6.64. The first-order chi connectivity index (χ1) is 28.4. The number of thiophene rings is 1. The second-order valence-corrected chi connectivity index (χ2v) is 16.6. The lowest BCUT2D eigenvalue weighted by molar-refractivity contribution is -0.131. The summed E-state index contributed by atoms with van der Waals surface area (Å²) >= 11 is 7.89. The van der Waals surface area contributed by atoms with Crippen LogP contribution in [0.15, 0.2) is 63.1 Å². The van der Waals surface area contributed by atoms with Crippen LogP contribution in [0, 0.1) is 20.8 Å². The lowest BCUT2D eigenvalue weighted by Crippen LogP contribution is -2.47. The fourth-order valence-corrected chi connectivity index (χ4v) is 9.07. The van der Waals surface area contributed by atoms with Gasteiger partial charge in [-0.25, -0.2) is 0 Å². The first-order valence-corrected chi connectivity index (χ1v) is 21.1. The molecular formula is C42H46ClN9O6S. The number of aryl methyl sites for hydroxylation is 2. The minimum Gasteiger partial charge on any atom is -0.356 e. The van der Waals surface area contributed by atoms with Gasteiger partial charge < -0.3 is 10.6 Å². The molecule has 0 radical (unpaired) electrons. The summed E-state index contributed by atoms with van der Waals surface area (Å²) in [6, 6.07) is 12.6. The zero-order valence-electron chi connectivity index (χ0n) is 33.2. The number of rotatable bonds is 14. The smallest absolute Gasteiger partial charge is 0.317 e. The average Bonchev–Trinajstić information content (AvgIpc) is 3.62. The molecule has 5 aromatic rings. The van der Waals surface area contributed by atoms with E-state index < -0.39 is 40.9 Å². The first-order valence-electron chi connectivity index (χ1n) is 19.9. The Labute approximate surface area is 348 Å². The fourth-order valence-electron chi connectivity index (χ4n) is 7.73. The van der Waals surface area contributed by atoms with E-state index in [0.717, 1.165) is 68.0 Å². The van der Waals surface area contributed by atoms with Gasteiger partial charge in [-0.3, -0.25) is 52.8 Å². The Kier molecular flexibility index (Phi) is 12.7. The van der Waals surface area contributed by atoms with Gasteiger partial charge in [0.1, 0.15) is 29.5 Å². The maximum absolute atomic E-state index is 13.3. The van der Waals surface area contributed by atoms with E-state index in [1.165, 1.54) is 4.88 Å². The van der Waals surface area contributed by atoms with Gasteiger partial charge in [0.25, 0.3) is 0 Å². The van der Waals surface area contributed by atoms with Crippen molar-refractivity contribution in [2.45, 2.75) is 97.2 Å². The summed E-state index contributed by atoms with van der Waals surface area (Å²) in [6.07, 6.45) is 5.01. The molecular weight excluding hydrogens is 794 g/mol. The standard InChI is InChI=1S/C42H46ClN9O6S/c1-24-25(2)59-42-36(24)37(27-16-18-28(43)19-17-27)46-29(38-49-48-26(3)51(38)42)22-34(54)44-20-9-5-4-6-10-21-45-35(55)23-50-30-12-7-8-13-31(30)52(41(58)40(50)57)32-14-11-15-33(53)47-39(32)56/h7-8,12-13,16-19,29,32H,4-6,9-11,14-15,20-23H2,1-3H3,(H,44,54)(H,45,55)(H,47,53,56)/t29-,32?/m0/s1. The molecule has 3 N–H and O–H groups in total. The summed E-state index contributed by atoms with van der Waals surface area (Å²) in [5.74, 6) is -0.231. The second-order valence-electron chi connectivity index (χ2n) is 15.0. The highest BCUT2D eigenvalue weighted by Crippen LogP contribution is 2.39. The van der Waals surface area contributed by atoms with Crippen LogP contribution in [0.4, 0.5) is 0 Å². The van der Waals surface area contributed by atoms with Crippen molar-refractivity contribution < 1.29 is 19.2 Å². The maximum atomic E-state index is 13.3. The Morgan fingerprint density at radius 2 is 1.54 bits per heavy atom. The molecule has 7 rings (SSSR count). The Morgan fingerprint density at radius 3 is 2.27 bits per heavy atom. The molecule has 2 atom stereocenters. The Balaban J connectivity index is 0.883. The van der Waals surface area contributed by atoms with Crippen LogP contribution >= 0.6 is 22.9 Å². The number of benzene rings is 2. The Hall–Kier alpha value is -5.74. The molecule has 1 saturated heterocycles. The van der Waals surface area contributed by atoms with Gasteiger partial charge in [0, 0.05) is 40.5 Å². The van der Waals surface area contributed by atoms with Crippen molar-refractivity contribution in [3.05, 3.63) is 107 Å². The number of nitrogens with one attached hydrogen (secondary N) is 3. The van der Waals surface area contributed by atoms with E-state index in [1.54, 1.807) is 35.6 Å². The van der Waals surface area contributed by atoms with E-state index in [2.05, 4.69) is 40.0 Å². The maximum Gasteiger partial charge on any atom is 0.317 e. The van der Waals surface area contributed by atoms with E-state index in [1.807, 2.05) is 35.8 Å². The molecule has 2 aliphatic rings. The van der Waals surface area contributed by atoms with Gasteiger partial charge in [-0.15, -0.1) is 21.5 Å². The molecule has 0 spiro atoms. The predicted octanol–water partition coefficient (Wildman–Crippen LogP) is 4.92. The number of nitrogens with zero attached hydrogens (tertiary/aromatic N) is 6. The van der Waals surface area contributed by atoms with E-state index in [9.17, 15) is 28.8 Å². The van der Waals surface area contributed by atoms with Crippen molar-refractivity contribution >= 4 is 63.3 Å². The molecule has 2 aliphatic heterocycles. The third-order valence-corrected chi connectivity index (χ3v) is 12.3. The quantitative estimate of drug-likeness (QED) is 0.0798. The highest BCUT2D eigenvalue weighted by Gasteiger charge is 2.33. The summed E-state index contributed by atoms with van der Waals surface area (Å²) in [4.78, 5) is 83.9. The zero-order valence-corrected chi connectivity index (χ0v) is 34.8. The fraction of sp³-hybridized carbons (Fsp3) is 0.405. The average molecular weight is 840 g/mol. The summed E-state index contributed by atoms with van der Waals surface area (Å²) in [5, 5.41) is 18.7.